The van der Waals surface area contributed by atoms with Crippen molar-refractivity contribution < 1.29 is 9.53 Å². The van der Waals surface area contributed by atoms with Gasteiger partial charge in [0, 0.05) is 24.2 Å². The van der Waals surface area contributed by atoms with E-state index in [0.717, 1.165) is 16.9 Å². The maximum Gasteiger partial charge on any atom is 0.233 e. The molecule has 0 fully saturated rings. The van der Waals surface area contributed by atoms with Crippen LogP contribution in [0.3, 0.4) is 0 Å². The summed E-state index contributed by atoms with van der Waals surface area (Å²) in [6.45, 7) is 0.503. The van der Waals surface area contributed by atoms with Crippen LogP contribution in [0.4, 0.5) is 0 Å². The summed E-state index contributed by atoms with van der Waals surface area (Å²) < 4.78 is 6.54. The average Bonchev–Trinajstić information content (AvgIpc) is 3.08. The summed E-state index contributed by atoms with van der Waals surface area (Å²) in [5.74, 6) is 7.55. The van der Waals surface area contributed by atoms with Crippen molar-refractivity contribution in [1.29, 1.82) is 0 Å². The Labute approximate surface area is 172 Å². The number of thioether (sulfide) groups is 1. The second kappa shape index (κ2) is 8.99. The van der Waals surface area contributed by atoms with Crippen molar-refractivity contribution in [2.45, 2.75) is 11.7 Å². The van der Waals surface area contributed by atoms with Crippen molar-refractivity contribution >= 4 is 29.3 Å². The van der Waals surface area contributed by atoms with E-state index < -0.39 is 0 Å². The maximum absolute atomic E-state index is 12.4. The van der Waals surface area contributed by atoms with Gasteiger partial charge in [0.2, 0.25) is 11.1 Å². The molecule has 0 saturated heterocycles. The van der Waals surface area contributed by atoms with Crippen LogP contribution in [0.15, 0.2) is 53.7 Å². The molecular weight excluding hydrogens is 398 g/mol. The Hall–Kier alpha value is -2.71. The molecule has 3 rings (SSSR count). The largest absolute Gasteiger partial charge is 0.497 e. The van der Waals surface area contributed by atoms with Gasteiger partial charge in [-0.15, -0.1) is 10.2 Å². The van der Waals surface area contributed by atoms with E-state index in [0.29, 0.717) is 22.5 Å². The van der Waals surface area contributed by atoms with Gasteiger partial charge in [0.05, 0.1) is 12.9 Å². The van der Waals surface area contributed by atoms with Gasteiger partial charge in [0.15, 0.2) is 5.82 Å². The number of carbonyl (C=O) groups is 1. The number of nitrogens with two attached hydrogens (primary N) is 1. The summed E-state index contributed by atoms with van der Waals surface area (Å²) in [4.78, 5) is 14.1. The van der Waals surface area contributed by atoms with Crippen molar-refractivity contribution in [3.63, 3.8) is 0 Å². The van der Waals surface area contributed by atoms with Crippen molar-refractivity contribution in [2.24, 2.45) is 0 Å². The number of hydrogen-bond donors (Lipinski definition) is 1. The van der Waals surface area contributed by atoms with Crippen molar-refractivity contribution in [2.75, 3.05) is 25.8 Å². The van der Waals surface area contributed by atoms with E-state index in [9.17, 15) is 4.79 Å². The average molecular weight is 418 g/mol. The fraction of sp³-hybridized carbons (Fsp3) is 0.211. The highest BCUT2D eigenvalue weighted by Crippen LogP contribution is 2.23. The highest BCUT2D eigenvalue weighted by Gasteiger charge is 2.16. The van der Waals surface area contributed by atoms with E-state index in [2.05, 4.69) is 10.2 Å². The summed E-state index contributed by atoms with van der Waals surface area (Å²) in [5.41, 5.74) is 1.82. The monoisotopic (exact) mass is 417 g/mol. The molecule has 9 heteroatoms. The SMILES string of the molecule is COc1ccc(-c2nnc(SCC(=O)N(C)Cc3ccc(Cl)cc3)n2N)cc1. The summed E-state index contributed by atoms with van der Waals surface area (Å²) in [6.07, 6.45) is 0. The Balaban J connectivity index is 1.60. The van der Waals surface area contributed by atoms with Gasteiger partial charge in [-0.25, -0.2) is 4.68 Å². The fourth-order valence-corrected chi connectivity index (χ4v) is 3.42. The van der Waals surface area contributed by atoms with Gasteiger partial charge in [-0.2, -0.15) is 0 Å². The second-order valence-electron chi connectivity index (χ2n) is 6.07. The second-order valence-corrected chi connectivity index (χ2v) is 7.45. The molecule has 2 aromatic carbocycles. The molecule has 0 atom stereocenters. The molecule has 0 aliphatic heterocycles. The lowest BCUT2D eigenvalue weighted by Gasteiger charge is -2.17. The molecule has 1 amide bonds. The molecule has 0 aliphatic rings. The molecule has 146 valence electrons. The normalized spacial score (nSPS) is 10.7. The third-order valence-corrected chi connectivity index (χ3v) is 5.28. The van der Waals surface area contributed by atoms with Gasteiger partial charge in [-0.05, 0) is 42.0 Å². The first-order valence-electron chi connectivity index (χ1n) is 8.44. The lowest BCUT2D eigenvalue weighted by atomic mass is 10.2. The Bertz CT molecular complexity index is 944. The highest BCUT2D eigenvalue weighted by molar-refractivity contribution is 7.99. The van der Waals surface area contributed by atoms with E-state index >= 15 is 0 Å². The molecule has 2 N–H and O–H groups in total. The molecule has 1 heterocycles. The Morgan fingerprint density at radius 2 is 1.86 bits per heavy atom. The summed E-state index contributed by atoms with van der Waals surface area (Å²) in [7, 11) is 3.36. The molecule has 0 aliphatic carbocycles. The number of halogens is 1. The standard InChI is InChI=1S/C19H20ClN5O2S/c1-24(11-13-3-7-15(20)8-4-13)17(26)12-28-19-23-22-18(25(19)21)14-5-9-16(27-2)10-6-14/h3-10H,11-12,21H2,1-2H3. The number of rotatable bonds is 7. The minimum Gasteiger partial charge on any atom is -0.497 e. The number of aromatic nitrogens is 3. The Morgan fingerprint density at radius 1 is 1.18 bits per heavy atom. The molecule has 0 bridgehead atoms. The van der Waals surface area contributed by atoms with E-state index in [1.165, 1.54) is 16.4 Å². The molecule has 0 saturated carbocycles. The van der Waals surface area contributed by atoms with Crippen LogP contribution in [0, 0.1) is 0 Å². The van der Waals surface area contributed by atoms with Gasteiger partial charge in [0.1, 0.15) is 5.75 Å². The summed E-state index contributed by atoms with van der Waals surface area (Å²) in [5, 5.41) is 9.36. The van der Waals surface area contributed by atoms with E-state index in [-0.39, 0.29) is 11.7 Å². The Kier molecular flexibility index (Phi) is 6.43. The summed E-state index contributed by atoms with van der Waals surface area (Å²) >= 11 is 7.13. The van der Waals surface area contributed by atoms with Gasteiger partial charge in [-0.3, -0.25) is 4.79 Å². The molecular formula is C19H20ClN5O2S. The number of hydrogen-bond acceptors (Lipinski definition) is 6. The molecule has 7 nitrogen and oxygen atoms in total. The number of nitrogens with zero attached hydrogens (tertiary/aromatic N) is 4. The minimum atomic E-state index is -0.0334. The van der Waals surface area contributed by atoms with Crippen LogP contribution in [0.25, 0.3) is 11.4 Å². The first kappa shape index (κ1) is 20.0. The predicted octanol–water partition coefficient (Wildman–Crippen LogP) is 3.07. The maximum atomic E-state index is 12.4. The van der Waals surface area contributed by atoms with Crippen LogP contribution in [-0.2, 0) is 11.3 Å². The van der Waals surface area contributed by atoms with E-state index in [4.69, 9.17) is 22.2 Å². The molecule has 0 radical (unpaired) electrons. The number of carbonyl (C=O) groups excluding carboxylic acids is 1. The smallest absolute Gasteiger partial charge is 0.233 e. The van der Waals surface area contributed by atoms with Crippen LogP contribution < -0.4 is 10.6 Å². The zero-order valence-corrected chi connectivity index (χ0v) is 17.1. The third kappa shape index (κ3) is 4.76. The number of methoxy groups -OCH3 is 1. The lowest BCUT2D eigenvalue weighted by molar-refractivity contribution is -0.127. The number of benzene rings is 2. The Morgan fingerprint density at radius 3 is 2.50 bits per heavy atom. The topological polar surface area (TPSA) is 86.3 Å². The van der Waals surface area contributed by atoms with E-state index in [1.807, 2.05) is 48.5 Å². The number of ether oxygens (including phenoxy) is 1. The van der Waals surface area contributed by atoms with E-state index in [1.54, 1.807) is 19.1 Å². The van der Waals surface area contributed by atoms with Crippen LogP contribution in [-0.4, -0.2) is 45.6 Å². The molecule has 3 aromatic rings. The lowest BCUT2D eigenvalue weighted by Crippen LogP contribution is -2.28. The zero-order chi connectivity index (χ0) is 20.1. The number of amides is 1. The van der Waals surface area contributed by atoms with Crippen molar-refractivity contribution in [1.82, 2.24) is 19.8 Å². The number of nitrogen functional groups attached to an aromatic ring is 1. The van der Waals surface area contributed by atoms with Crippen LogP contribution >= 0.6 is 23.4 Å². The molecule has 0 spiro atoms. The predicted molar refractivity (Wildman–Crippen MR) is 111 cm³/mol. The fourth-order valence-electron chi connectivity index (χ4n) is 2.50. The van der Waals surface area contributed by atoms with Gasteiger partial charge >= 0.3 is 0 Å². The van der Waals surface area contributed by atoms with Crippen LogP contribution in [0.5, 0.6) is 5.75 Å². The summed E-state index contributed by atoms with van der Waals surface area (Å²) in [6, 6.07) is 14.8. The first-order chi connectivity index (χ1) is 13.5. The van der Waals surface area contributed by atoms with Gasteiger partial charge in [0.25, 0.3) is 0 Å². The minimum absolute atomic E-state index is 0.0334. The van der Waals surface area contributed by atoms with Crippen molar-refractivity contribution in [3.05, 3.63) is 59.1 Å². The zero-order valence-electron chi connectivity index (χ0n) is 15.5. The molecule has 1 aromatic heterocycles. The van der Waals surface area contributed by atoms with Crippen LogP contribution in [0.1, 0.15) is 5.56 Å². The first-order valence-corrected chi connectivity index (χ1v) is 9.80. The molecule has 0 unspecified atom stereocenters. The van der Waals surface area contributed by atoms with Gasteiger partial charge in [-0.1, -0.05) is 35.5 Å². The van der Waals surface area contributed by atoms with Gasteiger partial charge < -0.3 is 15.5 Å². The van der Waals surface area contributed by atoms with Crippen LogP contribution in [0.2, 0.25) is 5.02 Å². The molecule has 28 heavy (non-hydrogen) atoms. The highest BCUT2D eigenvalue weighted by atomic mass is 35.5. The quantitative estimate of drug-likeness (QED) is 0.469. The third-order valence-electron chi connectivity index (χ3n) is 4.10. The van der Waals surface area contributed by atoms with Crippen molar-refractivity contribution in [3.8, 4) is 17.1 Å².